The second-order valence-electron chi connectivity index (χ2n) is 4.44. The lowest BCUT2D eigenvalue weighted by molar-refractivity contribution is -0.121. The van der Waals surface area contributed by atoms with Gasteiger partial charge in [-0.05, 0) is 25.6 Å². The quantitative estimate of drug-likeness (QED) is 0.847. The van der Waals surface area contributed by atoms with Crippen LogP contribution in [0, 0.1) is 12.8 Å². The van der Waals surface area contributed by atoms with Gasteiger partial charge in [0.05, 0.1) is 0 Å². The van der Waals surface area contributed by atoms with Crippen LogP contribution in [0.25, 0.3) is 0 Å². The molecule has 1 unspecified atom stereocenters. The number of carbonyl (C=O) groups excluding carboxylic acids is 1. The van der Waals surface area contributed by atoms with Crippen LogP contribution in [0.3, 0.4) is 0 Å². The van der Waals surface area contributed by atoms with Gasteiger partial charge in [-0.25, -0.2) is 0 Å². The Labute approximate surface area is 104 Å². The Balaban J connectivity index is 2.65. The van der Waals surface area contributed by atoms with E-state index in [9.17, 15) is 4.79 Å². The van der Waals surface area contributed by atoms with Gasteiger partial charge in [0.2, 0.25) is 5.91 Å². The lowest BCUT2D eigenvalue weighted by Gasteiger charge is -2.21. The predicted octanol–water partition coefficient (Wildman–Crippen LogP) is 2.20. The van der Waals surface area contributed by atoms with Crippen molar-refractivity contribution in [2.45, 2.75) is 20.8 Å². The van der Waals surface area contributed by atoms with Crippen LogP contribution in [-0.4, -0.2) is 26.0 Å². The Kier molecular flexibility index (Phi) is 5.16. The third kappa shape index (κ3) is 3.86. The molecule has 0 spiro atoms. The van der Waals surface area contributed by atoms with Gasteiger partial charge < -0.3 is 10.2 Å². The standard InChI is InChI=1S/C14H22N2O/c1-5-15-10-12(3)14(17)16(4)13-8-6-11(2)7-9-13/h6-9,12,15H,5,10H2,1-4H3. The van der Waals surface area contributed by atoms with Crippen LogP contribution < -0.4 is 10.2 Å². The van der Waals surface area contributed by atoms with Crippen molar-refractivity contribution in [1.82, 2.24) is 5.32 Å². The molecule has 1 aromatic rings. The second kappa shape index (κ2) is 6.40. The summed E-state index contributed by atoms with van der Waals surface area (Å²) >= 11 is 0. The van der Waals surface area contributed by atoms with Crippen molar-refractivity contribution in [3.8, 4) is 0 Å². The van der Waals surface area contributed by atoms with Crippen LogP contribution in [0.5, 0.6) is 0 Å². The molecule has 17 heavy (non-hydrogen) atoms. The van der Waals surface area contributed by atoms with Crippen LogP contribution in [0.15, 0.2) is 24.3 Å². The fourth-order valence-corrected chi connectivity index (χ4v) is 1.67. The van der Waals surface area contributed by atoms with E-state index in [2.05, 4.69) is 5.32 Å². The van der Waals surface area contributed by atoms with E-state index in [0.29, 0.717) is 0 Å². The van der Waals surface area contributed by atoms with Gasteiger partial charge in [0.1, 0.15) is 0 Å². The first kappa shape index (κ1) is 13.7. The maximum atomic E-state index is 12.1. The predicted molar refractivity (Wildman–Crippen MR) is 72.3 cm³/mol. The highest BCUT2D eigenvalue weighted by molar-refractivity contribution is 5.94. The maximum Gasteiger partial charge on any atom is 0.230 e. The number of hydrogen-bond acceptors (Lipinski definition) is 2. The highest BCUT2D eigenvalue weighted by atomic mass is 16.2. The lowest BCUT2D eigenvalue weighted by atomic mass is 10.1. The molecular weight excluding hydrogens is 212 g/mol. The summed E-state index contributed by atoms with van der Waals surface area (Å²) in [5.41, 5.74) is 2.15. The number of anilines is 1. The van der Waals surface area contributed by atoms with Crippen molar-refractivity contribution in [2.24, 2.45) is 5.92 Å². The van der Waals surface area contributed by atoms with Gasteiger partial charge in [-0.3, -0.25) is 4.79 Å². The normalized spacial score (nSPS) is 12.2. The van der Waals surface area contributed by atoms with E-state index in [0.717, 1.165) is 18.8 Å². The highest BCUT2D eigenvalue weighted by Gasteiger charge is 2.17. The van der Waals surface area contributed by atoms with Gasteiger partial charge >= 0.3 is 0 Å². The molecule has 0 fully saturated rings. The molecule has 1 rings (SSSR count). The average molecular weight is 234 g/mol. The van der Waals surface area contributed by atoms with E-state index in [-0.39, 0.29) is 11.8 Å². The third-order valence-corrected chi connectivity index (χ3v) is 2.87. The molecule has 94 valence electrons. The number of nitrogens with zero attached hydrogens (tertiary/aromatic N) is 1. The number of rotatable bonds is 5. The van der Waals surface area contributed by atoms with Crippen LogP contribution in [0.1, 0.15) is 19.4 Å². The third-order valence-electron chi connectivity index (χ3n) is 2.87. The van der Waals surface area contributed by atoms with Gasteiger partial charge in [0.15, 0.2) is 0 Å². The Hall–Kier alpha value is -1.35. The fourth-order valence-electron chi connectivity index (χ4n) is 1.67. The van der Waals surface area contributed by atoms with E-state index in [4.69, 9.17) is 0 Å². The fraction of sp³-hybridized carbons (Fsp3) is 0.500. The molecule has 0 saturated carbocycles. The summed E-state index contributed by atoms with van der Waals surface area (Å²) in [6.45, 7) is 7.66. The lowest BCUT2D eigenvalue weighted by Crippen LogP contribution is -2.36. The summed E-state index contributed by atoms with van der Waals surface area (Å²) in [5.74, 6) is 0.149. The zero-order chi connectivity index (χ0) is 12.8. The molecule has 0 aliphatic carbocycles. The first-order valence-electron chi connectivity index (χ1n) is 6.11. The molecule has 1 atom stereocenters. The maximum absolute atomic E-state index is 12.1. The van der Waals surface area contributed by atoms with Gasteiger partial charge in [0.25, 0.3) is 0 Å². The number of benzene rings is 1. The zero-order valence-electron chi connectivity index (χ0n) is 11.2. The molecule has 3 nitrogen and oxygen atoms in total. The molecule has 1 N–H and O–H groups in total. The van der Waals surface area contributed by atoms with Gasteiger partial charge in [-0.15, -0.1) is 0 Å². The summed E-state index contributed by atoms with van der Waals surface area (Å²) in [7, 11) is 1.83. The number of nitrogens with one attached hydrogen (secondary N) is 1. The first-order chi connectivity index (χ1) is 8.06. The Bertz CT molecular complexity index is 359. The summed E-state index contributed by atoms with van der Waals surface area (Å²) in [4.78, 5) is 13.8. The molecule has 0 bridgehead atoms. The summed E-state index contributed by atoms with van der Waals surface area (Å²) in [6.07, 6.45) is 0. The largest absolute Gasteiger partial charge is 0.316 e. The molecule has 0 aliphatic heterocycles. The highest BCUT2D eigenvalue weighted by Crippen LogP contribution is 2.15. The van der Waals surface area contributed by atoms with Gasteiger partial charge in [0, 0.05) is 25.2 Å². The molecule has 1 aromatic carbocycles. The Morgan fingerprint density at radius 1 is 1.35 bits per heavy atom. The topological polar surface area (TPSA) is 32.3 Å². The molecule has 0 radical (unpaired) electrons. The molecular formula is C14H22N2O. The van der Waals surface area contributed by atoms with Crippen molar-refractivity contribution in [1.29, 1.82) is 0 Å². The van der Waals surface area contributed by atoms with Crippen molar-refractivity contribution >= 4 is 11.6 Å². The minimum atomic E-state index is 0.00116. The van der Waals surface area contributed by atoms with Crippen molar-refractivity contribution < 1.29 is 4.79 Å². The molecule has 0 saturated heterocycles. The van der Waals surface area contributed by atoms with Gasteiger partial charge in [-0.2, -0.15) is 0 Å². The SMILES string of the molecule is CCNCC(C)C(=O)N(C)c1ccc(C)cc1. The minimum Gasteiger partial charge on any atom is -0.316 e. The Morgan fingerprint density at radius 2 is 1.94 bits per heavy atom. The van der Waals surface area contributed by atoms with Crippen LogP contribution in [0.4, 0.5) is 5.69 Å². The molecule has 3 heteroatoms. The van der Waals surface area contributed by atoms with E-state index >= 15 is 0 Å². The number of carbonyl (C=O) groups is 1. The van der Waals surface area contributed by atoms with Crippen LogP contribution >= 0.6 is 0 Å². The average Bonchev–Trinajstić information content (AvgIpc) is 2.35. The molecule has 0 heterocycles. The smallest absolute Gasteiger partial charge is 0.230 e. The van der Waals surface area contributed by atoms with Crippen molar-refractivity contribution in [3.05, 3.63) is 29.8 Å². The number of amides is 1. The first-order valence-corrected chi connectivity index (χ1v) is 6.11. The van der Waals surface area contributed by atoms with E-state index in [1.807, 2.05) is 52.1 Å². The summed E-state index contributed by atoms with van der Waals surface area (Å²) < 4.78 is 0. The van der Waals surface area contributed by atoms with E-state index < -0.39 is 0 Å². The zero-order valence-corrected chi connectivity index (χ0v) is 11.2. The molecule has 1 amide bonds. The van der Waals surface area contributed by atoms with E-state index in [1.165, 1.54) is 5.56 Å². The summed E-state index contributed by atoms with van der Waals surface area (Å²) in [6, 6.07) is 8.00. The monoisotopic (exact) mass is 234 g/mol. The van der Waals surface area contributed by atoms with E-state index in [1.54, 1.807) is 4.90 Å². The molecule has 0 aromatic heterocycles. The second-order valence-corrected chi connectivity index (χ2v) is 4.44. The summed E-state index contributed by atoms with van der Waals surface area (Å²) in [5, 5.41) is 3.20. The minimum absolute atomic E-state index is 0.00116. The van der Waals surface area contributed by atoms with Crippen LogP contribution in [0.2, 0.25) is 0 Å². The van der Waals surface area contributed by atoms with Crippen molar-refractivity contribution in [3.63, 3.8) is 0 Å². The number of hydrogen-bond donors (Lipinski definition) is 1. The Morgan fingerprint density at radius 3 is 2.47 bits per heavy atom. The number of aryl methyl sites for hydroxylation is 1. The van der Waals surface area contributed by atoms with Gasteiger partial charge in [-0.1, -0.05) is 31.5 Å². The van der Waals surface area contributed by atoms with Crippen molar-refractivity contribution in [2.75, 3.05) is 25.0 Å². The van der Waals surface area contributed by atoms with Crippen LogP contribution in [-0.2, 0) is 4.79 Å². The molecule has 0 aliphatic rings.